The van der Waals surface area contributed by atoms with E-state index in [0.29, 0.717) is 18.0 Å². The number of nitrogens with zero attached hydrogens (tertiary/aromatic N) is 1. The Kier molecular flexibility index (Phi) is 6.79. The van der Waals surface area contributed by atoms with Crippen LogP contribution in [-0.4, -0.2) is 44.7 Å². The average molecular weight is 452 g/mol. The van der Waals surface area contributed by atoms with Gasteiger partial charge in [0.25, 0.3) is 11.8 Å². The molecule has 2 amide bonds. The molecule has 1 aromatic heterocycles. The van der Waals surface area contributed by atoms with E-state index in [1.165, 1.54) is 41.0 Å². The molecular weight excluding hydrogens is 426 g/mol. The van der Waals surface area contributed by atoms with Crippen LogP contribution < -0.4 is 15.6 Å². The van der Waals surface area contributed by atoms with Crippen LogP contribution in [-0.2, 0) is 16.4 Å². The predicted molar refractivity (Wildman–Crippen MR) is 114 cm³/mol. The van der Waals surface area contributed by atoms with Crippen LogP contribution in [0.2, 0.25) is 0 Å². The summed E-state index contributed by atoms with van der Waals surface area (Å²) in [7, 11) is -2.39. The monoisotopic (exact) mass is 451 g/mol. The van der Waals surface area contributed by atoms with Crippen molar-refractivity contribution in [3.8, 4) is 5.75 Å². The minimum Gasteiger partial charge on any atom is -0.495 e. The third-order valence-corrected chi connectivity index (χ3v) is 8.26. The number of amides is 2. The molecule has 1 saturated heterocycles. The smallest absolute Gasteiger partial charge is 0.279 e. The van der Waals surface area contributed by atoms with Crippen LogP contribution in [0.5, 0.6) is 5.75 Å². The zero-order chi connectivity index (χ0) is 21.9. The third-order valence-electron chi connectivity index (χ3n) is 4.96. The van der Waals surface area contributed by atoms with E-state index in [1.54, 1.807) is 6.07 Å². The summed E-state index contributed by atoms with van der Waals surface area (Å²) in [6.45, 7) is 4.83. The lowest BCUT2D eigenvalue weighted by atomic mass is 10.2. The first-order valence-corrected chi connectivity index (χ1v) is 11.9. The Morgan fingerprint density at radius 2 is 1.80 bits per heavy atom. The van der Waals surface area contributed by atoms with Gasteiger partial charge in [-0.25, -0.2) is 8.42 Å². The maximum atomic E-state index is 12.9. The van der Waals surface area contributed by atoms with Crippen molar-refractivity contribution in [1.82, 2.24) is 15.2 Å². The molecule has 10 heteroatoms. The number of hydrogen-bond acceptors (Lipinski definition) is 6. The minimum absolute atomic E-state index is 0.0626. The van der Waals surface area contributed by atoms with Gasteiger partial charge in [0.1, 0.15) is 10.6 Å². The fourth-order valence-corrected chi connectivity index (χ4v) is 6.02. The van der Waals surface area contributed by atoms with E-state index in [2.05, 4.69) is 10.9 Å². The number of hydrazine groups is 1. The Bertz CT molecular complexity index is 1060. The summed E-state index contributed by atoms with van der Waals surface area (Å²) < 4.78 is 32.5. The molecule has 3 rings (SSSR count). The molecule has 0 spiro atoms. The summed E-state index contributed by atoms with van der Waals surface area (Å²) in [5, 5.41) is 0. The SMILES string of the molecule is CCc1sc(C(=O)NNC(=O)c2ccc(OC)c(S(=O)(=O)N3CCCC3)c2)cc1C. The Balaban J connectivity index is 1.76. The quantitative estimate of drug-likeness (QED) is 0.657. The van der Waals surface area contributed by atoms with Gasteiger partial charge in [-0.05, 0) is 56.0 Å². The lowest BCUT2D eigenvalue weighted by Crippen LogP contribution is -2.41. The van der Waals surface area contributed by atoms with Crippen LogP contribution >= 0.6 is 11.3 Å². The molecule has 0 bridgehead atoms. The summed E-state index contributed by atoms with van der Waals surface area (Å²) in [4.78, 5) is 26.4. The number of thiophene rings is 1. The summed E-state index contributed by atoms with van der Waals surface area (Å²) in [5.41, 5.74) is 5.87. The topological polar surface area (TPSA) is 105 Å². The lowest BCUT2D eigenvalue weighted by molar-refractivity contribution is 0.0848. The second kappa shape index (κ2) is 9.15. The average Bonchev–Trinajstić information content (AvgIpc) is 3.41. The Hall–Kier alpha value is -2.43. The number of carbonyl (C=O) groups excluding carboxylic acids is 2. The van der Waals surface area contributed by atoms with Gasteiger partial charge < -0.3 is 4.74 Å². The number of methoxy groups -OCH3 is 1. The number of carbonyl (C=O) groups is 2. The summed E-state index contributed by atoms with van der Waals surface area (Å²) in [6.07, 6.45) is 2.43. The number of sulfonamides is 1. The highest BCUT2D eigenvalue weighted by molar-refractivity contribution is 7.89. The van der Waals surface area contributed by atoms with Crippen LogP contribution in [0.3, 0.4) is 0 Å². The van der Waals surface area contributed by atoms with Gasteiger partial charge in [-0.3, -0.25) is 20.4 Å². The zero-order valence-electron chi connectivity index (χ0n) is 17.1. The lowest BCUT2D eigenvalue weighted by Gasteiger charge is -2.18. The maximum Gasteiger partial charge on any atom is 0.279 e. The maximum absolute atomic E-state index is 12.9. The first kappa shape index (κ1) is 22.3. The van der Waals surface area contributed by atoms with Gasteiger partial charge in [0, 0.05) is 23.5 Å². The predicted octanol–water partition coefficient (Wildman–Crippen LogP) is 2.49. The van der Waals surface area contributed by atoms with E-state index >= 15 is 0 Å². The molecule has 1 aliphatic rings. The van der Waals surface area contributed by atoms with E-state index in [4.69, 9.17) is 4.74 Å². The van der Waals surface area contributed by atoms with Crippen LogP contribution in [0.15, 0.2) is 29.2 Å². The van der Waals surface area contributed by atoms with E-state index in [1.807, 2.05) is 13.8 Å². The molecular formula is C20H25N3O5S2. The van der Waals surface area contributed by atoms with E-state index in [-0.39, 0.29) is 16.2 Å². The fraction of sp³-hybridized carbons (Fsp3) is 0.400. The highest BCUT2D eigenvalue weighted by Crippen LogP contribution is 2.30. The molecule has 0 saturated carbocycles. The van der Waals surface area contributed by atoms with Crippen molar-refractivity contribution < 1.29 is 22.7 Å². The number of hydrogen-bond donors (Lipinski definition) is 2. The van der Waals surface area contributed by atoms with Gasteiger partial charge in [0.2, 0.25) is 10.0 Å². The highest BCUT2D eigenvalue weighted by atomic mass is 32.2. The van der Waals surface area contributed by atoms with Gasteiger partial charge in [0.15, 0.2) is 0 Å². The fourth-order valence-electron chi connectivity index (χ4n) is 3.32. The molecule has 8 nitrogen and oxygen atoms in total. The molecule has 0 aliphatic carbocycles. The third kappa shape index (κ3) is 4.50. The zero-order valence-corrected chi connectivity index (χ0v) is 18.8. The molecule has 0 atom stereocenters. The Morgan fingerprint density at radius 1 is 1.13 bits per heavy atom. The number of rotatable bonds is 6. The van der Waals surface area contributed by atoms with Crippen molar-refractivity contribution in [3.63, 3.8) is 0 Å². The van der Waals surface area contributed by atoms with Gasteiger partial charge in [0.05, 0.1) is 12.0 Å². The first-order chi connectivity index (χ1) is 14.3. The molecule has 1 fully saturated rings. The highest BCUT2D eigenvalue weighted by Gasteiger charge is 2.30. The van der Waals surface area contributed by atoms with Crippen LogP contribution in [0.4, 0.5) is 0 Å². The van der Waals surface area contributed by atoms with Crippen molar-refractivity contribution >= 4 is 33.2 Å². The number of nitrogens with one attached hydrogen (secondary N) is 2. The normalized spacial score (nSPS) is 14.5. The second-order valence-corrected chi connectivity index (χ2v) is 10.00. The van der Waals surface area contributed by atoms with Crippen LogP contribution in [0, 0.1) is 6.92 Å². The summed E-state index contributed by atoms with van der Waals surface area (Å²) in [5.74, 6) is -0.869. The van der Waals surface area contributed by atoms with Crippen LogP contribution in [0.25, 0.3) is 0 Å². The van der Waals surface area contributed by atoms with E-state index < -0.39 is 21.8 Å². The first-order valence-electron chi connectivity index (χ1n) is 9.66. The Labute approximate surface area is 180 Å². The minimum atomic E-state index is -3.77. The van der Waals surface area contributed by atoms with Crippen LogP contribution in [0.1, 0.15) is 50.2 Å². The molecule has 162 valence electrons. The van der Waals surface area contributed by atoms with Crippen molar-refractivity contribution in [2.24, 2.45) is 0 Å². The molecule has 0 radical (unpaired) electrons. The summed E-state index contributed by atoms with van der Waals surface area (Å²) in [6, 6.07) is 5.95. The number of benzene rings is 1. The van der Waals surface area contributed by atoms with Gasteiger partial charge >= 0.3 is 0 Å². The molecule has 30 heavy (non-hydrogen) atoms. The molecule has 2 N–H and O–H groups in total. The Morgan fingerprint density at radius 3 is 2.40 bits per heavy atom. The number of ether oxygens (including phenoxy) is 1. The molecule has 2 heterocycles. The summed E-state index contributed by atoms with van der Waals surface area (Å²) >= 11 is 1.38. The van der Waals surface area contributed by atoms with Crippen molar-refractivity contribution in [2.45, 2.75) is 38.0 Å². The van der Waals surface area contributed by atoms with Gasteiger partial charge in [-0.2, -0.15) is 4.31 Å². The molecule has 1 aromatic carbocycles. The van der Waals surface area contributed by atoms with Crippen molar-refractivity contribution in [2.75, 3.05) is 20.2 Å². The largest absolute Gasteiger partial charge is 0.495 e. The molecule has 1 aliphatic heterocycles. The van der Waals surface area contributed by atoms with E-state index in [9.17, 15) is 18.0 Å². The van der Waals surface area contributed by atoms with E-state index in [0.717, 1.165) is 29.7 Å². The van der Waals surface area contributed by atoms with Crippen molar-refractivity contribution in [1.29, 1.82) is 0 Å². The molecule has 0 unspecified atom stereocenters. The molecule has 2 aromatic rings. The van der Waals surface area contributed by atoms with Gasteiger partial charge in [-0.15, -0.1) is 11.3 Å². The number of aryl methyl sites for hydroxylation is 2. The van der Waals surface area contributed by atoms with Gasteiger partial charge in [-0.1, -0.05) is 6.92 Å². The standard InChI is InChI=1S/C20H25N3O5S2/c1-4-16-13(2)11-17(29-16)20(25)22-21-19(24)14-7-8-15(28-3)18(12-14)30(26,27)23-9-5-6-10-23/h7-8,11-12H,4-6,9-10H2,1-3H3,(H,21,24)(H,22,25). The van der Waals surface area contributed by atoms with Crippen molar-refractivity contribution in [3.05, 3.63) is 45.1 Å². The second-order valence-electron chi connectivity index (χ2n) is 6.96.